The Kier molecular flexibility index (Phi) is 2.98. The normalized spacial score (nSPS) is 12.5. The zero-order valence-electron chi connectivity index (χ0n) is 8.07. The van der Waals surface area contributed by atoms with Crippen molar-refractivity contribution in [3.05, 3.63) is 11.6 Å². The lowest BCUT2D eigenvalue weighted by molar-refractivity contribution is 0.509. The second-order valence-corrected chi connectivity index (χ2v) is 2.86. The molecule has 0 fully saturated rings. The summed E-state index contributed by atoms with van der Waals surface area (Å²) in [6.07, 6.45) is 0. The maximum Gasteiger partial charge on any atom is 0.147 e. The molecule has 0 radical (unpaired) electrons. The first-order valence-electron chi connectivity index (χ1n) is 4.12. The fourth-order valence-corrected chi connectivity index (χ4v) is 1.10. The molecule has 0 bridgehead atoms. The number of hydrogen-bond acceptors (Lipinski definition) is 4. The highest BCUT2D eigenvalue weighted by Crippen LogP contribution is 1.97. The van der Waals surface area contributed by atoms with E-state index in [0.29, 0.717) is 6.54 Å². The number of nitrogens with zero attached hydrogens (tertiary/aromatic N) is 4. The minimum absolute atomic E-state index is 0.209. The molecule has 1 aromatic rings. The molecule has 70 valence electrons. The van der Waals surface area contributed by atoms with Crippen molar-refractivity contribution in [2.45, 2.75) is 26.4 Å². The lowest BCUT2D eigenvalue weighted by Gasteiger charge is -2.07. The molecule has 0 aliphatic rings. The van der Waals surface area contributed by atoms with Gasteiger partial charge < -0.3 is 5.32 Å². The lowest BCUT2D eigenvalue weighted by atomic mass is 10.3. The van der Waals surface area contributed by atoms with Crippen LogP contribution in [0, 0.1) is 25.2 Å². The van der Waals surface area contributed by atoms with Crippen molar-refractivity contribution in [2.75, 3.05) is 7.05 Å². The highest BCUT2D eigenvalue weighted by atomic mass is 15.3. The maximum absolute atomic E-state index is 8.71. The van der Waals surface area contributed by atoms with Crippen molar-refractivity contribution in [3.63, 3.8) is 0 Å². The van der Waals surface area contributed by atoms with Gasteiger partial charge >= 0.3 is 0 Å². The van der Waals surface area contributed by atoms with E-state index in [1.807, 2.05) is 13.8 Å². The first-order chi connectivity index (χ1) is 6.17. The van der Waals surface area contributed by atoms with Crippen molar-refractivity contribution in [3.8, 4) is 6.07 Å². The Morgan fingerprint density at radius 3 is 2.69 bits per heavy atom. The Bertz CT molecular complexity index is 322. The summed E-state index contributed by atoms with van der Waals surface area (Å²) in [4.78, 5) is 4.15. The van der Waals surface area contributed by atoms with Gasteiger partial charge in [0.05, 0.1) is 12.6 Å². The van der Waals surface area contributed by atoms with Gasteiger partial charge in [0.25, 0.3) is 0 Å². The van der Waals surface area contributed by atoms with Gasteiger partial charge in [0, 0.05) is 0 Å². The predicted molar refractivity (Wildman–Crippen MR) is 48.0 cm³/mol. The van der Waals surface area contributed by atoms with E-state index in [4.69, 9.17) is 5.26 Å². The molecule has 0 spiro atoms. The van der Waals surface area contributed by atoms with Crippen molar-refractivity contribution in [2.24, 2.45) is 0 Å². The van der Waals surface area contributed by atoms with Crippen LogP contribution in [0.3, 0.4) is 0 Å². The molecule has 0 saturated carbocycles. The van der Waals surface area contributed by atoms with Gasteiger partial charge in [-0.3, -0.25) is 0 Å². The van der Waals surface area contributed by atoms with Crippen molar-refractivity contribution in [1.29, 1.82) is 5.26 Å². The predicted octanol–water partition coefficient (Wildman–Crippen LogP) is 0.00652. The maximum atomic E-state index is 8.71. The highest BCUT2D eigenvalue weighted by molar-refractivity contribution is 4.93. The zero-order valence-corrected chi connectivity index (χ0v) is 8.07. The molecule has 5 heteroatoms. The third-order valence-corrected chi connectivity index (χ3v) is 1.82. The van der Waals surface area contributed by atoms with Crippen molar-refractivity contribution in [1.82, 2.24) is 20.1 Å². The molecule has 1 N–H and O–H groups in total. The van der Waals surface area contributed by atoms with E-state index in [1.165, 1.54) is 0 Å². The second-order valence-electron chi connectivity index (χ2n) is 2.86. The Morgan fingerprint density at radius 1 is 1.62 bits per heavy atom. The standard InChI is InChI=1S/C8H13N5/c1-6-11-7(2)13(12-6)5-8(4-9)10-3/h8,10H,5H2,1-3H3. The number of aryl methyl sites for hydroxylation is 2. The van der Waals surface area contributed by atoms with Gasteiger partial charge in [0.2, 0.25) is 0 Å². The molecular weight excluding hydrogens is 166 g/mol. The molecule has 0 aliphatic carbocycles. The second kappa shape index (κ2) is 4.01. The van der Waals surface area contributed by atoms with Crippen molar-refractivity contribution >= 4 is 0 Å². The quantitative estimate of drug-likeness (QED) is 0.709. The molecule has 1 atom stereocenters. The van der Waals surface area contributed by atoms with E-state index >= 15 is 0 Å². The number of nitriles is 1. The number of aromatic nitrogens is 3. The summed E-state index contributed by atoms with van der Waals surface area (Å²) >= 11 is 0. The monoisotopic (exact) mass is 179 g/mol. The molecule has 1 unspecified atom stereocenters. The Hall–Kier alpha value is -1.41. The van der Waals surface area contributed by atoms with Crippen LogP contribution in [0.5, 0.6) is 0 Å². The molecule has 0 aromatic carbocycles. The summed E-state index contributed by atoms with van der Waals surface area (Å²) in [5, 5.41) is 15.8. The van der Waals surface area contributed by atoms with Crippen LogP contribution < -0.4 is 5.32 Å². The number of nitrogens with one attached hydrogen (secondary N) is 1. The minimum atomic E-state index is -0.209. The summed E-state index contributed by atoms with van der Waals surface area (Å²) in [5.41, 5.74) is 0. The van der Waals surface area contributed by atoms with Gasteiger partial charge in [-0.1, -0.05) is 0 Å². The summed E-state index contributed by atoms with van der Waals surface area (Å²) in [6, 6.07) is 1.93. The lowest BCUT2D eigenvalue weighted by Crippen LogP contribution is -2.29. The van der Waals surface area contributed by atoms with E-state index in [0.717, 1.165) is 11.6 Å². The summed E-state index contributed by atoms with van der Waals surface area (Å²) in [7, 11) is 1.76. The molecule has 13 heavy (non-hydrogen) atoms. The highest BCUT2D eigenvalue weighted by Gasteiger charge is 2.08. The SMILES string of the molecule is CNC(C#N)Cn1nc(C)nc1C. The third-order valence-electron chi connectivity index (χ3n) is 1.82. The number of likely N-dealkylation sites (N-methyl/N-ethyl adjacent to an activating group) is 1. The first-order valence-corrected chi connectivity index (χ1v) is 4.12. The average molecular weight is 179 g/mol. The van der Waals surface area contributed by atoms with Gasteiger partial charge in [-0.15, -0.1) is 0 Å². The van der Waals surface area contributed by atoms with Crippen LogP contribution in [0.25, 0.3) is 0 Å². The minimum Gasteiger partial charge on any atom is -0.303 e. The molecular formula is C8H13N5. The number of rotatable bonds is 3. The van der Waals surface area contributed by atoms with E-state index in [1.54, 1.807) is 11.7 Å². The van der Waals surface area contributed by atoms with Gasteiger partial charge in [0.15, 0.2) is 0 Å². The van der Waals surface area contributed by atoms with Crippen LogP contribution in [-0.2, 0) is 6.54 Å². The fourth-order valence-electron chi connectivity index (χ4n) is 1.10. The summed E-state index contributed by atoms with van der Waals surface area (Å²) in [6.45, 7) is 4.26. The van der Waals surface area contributed by atoms with E-state index in [-0.39, 0.29) is 6.04 Å². The first kappa shape index (κ1) is 9.68. The van der Waals surface area contributed by atoms with Gasteiger partial charge in [-0.2, -0.15) is 10.4 Å². The average Bonchev–Trinajstić information content (AvgIpc) is 2.41. The molecule has 1 aromatic heterocycles. The van der Waals surface area contributed by atoms with Crippen LogP contribution >= 0.6 is 0 Å². The van der Waals surface area contributed by atoms with E-state index in [2.05, 4.69) is 21.5 Å². The Labute approximate surface area is 77.4 Å². The van der Waals surface area contributed by atoms with E-state index < -0.39 is 0 Å². The van der Waals surface area contributed by atoms with Gasteiger partial charge in [-0.05, 0) is 20.9 Å². The largest absolute Gasteiger partial charge is 0.303 e. The smallest absolute Gasteiger partial charge is 0.147 e. The van der Waals surface area contributed by atoms with Crippen LogP contribution in [-0.4, -0.2) is 27.9 Å². The molecule has 0 aliphatic heterocycles. The van der Waals surface area contributed by atoms with E-state index in [9.17, 15) is 0 Å². The third kappa shape index (κ3) is 2.26. The molecule has 1 heterocycles. The summed E-state index contributed by atoms with van der Waals surface area (Å²) in [5.74, 6) is 1.58. The van der Waals surface area contributed by atoms with Crippen LogP contribution in [0.1, 0.15) is 11.6 Å². The summed E-state index contributed by atoms with van der Waals surface area (Å²) < 4.78 is 1.74. The van der Waals surface area contributed by atoms with Gasteiger partial charge in [0.1, 0.15) is 17.7 Å². The van der Waals surface area contributed by atoms with Gasteiger partial charge in [-0.25, -0.2) is 9.67 Å². The van der Waals surface area contributed by atoms with Crippen LogP contribution in [0.15, 0.2) is 0 Å². The molecule has 0 amide bonds. The Morgan fingerprint density at radius 2 is 2.31 bits per heavy atom. The molecule has 5 nitrogen and oxygen atoms in total. The zero-order chi connectivity index (χ0) is 9.84. The fraction of sp³-hybridized carbons (Fsp3) is 0.625. The Balaban J connectivity index is 2.74. The molecule has 1 rings (SSSR count). The number of hydrogen-bond donors (Lipinski definition) is 1. The van der Waals surface area contributed by atoms with Crippen molar-refractivity contribution < 1.29 is 0 Å². The topological polar surface area (TPSA) is 66.5 Å². The molecule has 0 saturated heterocycles. The van der Waals surface area contributed by atoms with Crippen LogP contribution in [0.4, 0.5) is 0 Å². The van der Waals surface area contributed by atoms with Crippen LogP contribution in [0.2, 0.25) is 0 Å².